The number of hydrogen-bond acceptors (Lipinski definition) is 3. The lowest BCUT2D eigenvalue weighted by atomic mass is 9.63. The van der Waals surface area contributed by atoms with E-state index in [0.29, 0.717) is 18.4 Å². The molecule has 0 atom stereocenters. The highest BCUT2D eigenvalue weighted by Gasteiger charge is 2.45. The van der Waals surface area contributed by atoms with E-state index in [1.807, 2.05) is 0 Å². The van der Waals surface area contributed by atoms with Gasteiger partial charge in [0.1, 0.15) is 11.6 Å². The summed E-state index contributed by atoms with van der Waals surface area (Å²) in [6.07, 6.45) is 3.23. The van der Waals surface area contributed by atoms with E-state index in [-0.39, 0.29) is 22.4 Å². The molecule has 1 aliphatic carbocycles. The maximum absolute atomic E-state index is 14.0. The van der Waals surface area contributed by atoms with Crippen molar-refractivity contribution in [2.75, 3.05) is 10.6 Å². The molecular weight excluding hydrogens is 424 g/mol. The summed E-state index contributed by atoms with van der Waals surface area (Å²) in [5, 5.41) is 5.16. The molecule has 1 heterocycles. The van der Waals surface area contributed by atoms with Crippen LogP contribution in [-0.2, 0) is 10.2 Å². The van der Waals surface area contributed by atoms with Crippen LogP contribution in [0.25, 0.3) is 0 Å². The van der Waals surface area contributed by atoms with Gasteiger partial charge in [0.15, 0.2) is 5.82 Å². The zero-order chi connectivity index (χ0) is 22.0. The predicted octanol–water partition coefficient (Wildman–Crippen LogP) is 5.33. The van der Waals surface area contributed by atoms with Crippen LogP contribution in [-0.4, -0.2) is 16.8 Å². The zero-order valence-corrected chi connectivity index (χ0v) is 17.0. The maximum Gasteiger partial charge on any atom is 0.255 e. The number of carbonyl (C=O) groups excluding carboxylic acids is 2. The topological polar surface area (TPSA) is 71.1 Å². The first-order chi connectivity index (χ1) is 14.9. The van der Waals surface area contributed by atoms with E-state index in [1.54, 1.807) is 30.3 Å². The first-order valence-corrected chi connectivity index (χ1v) is 10.1. The molecule has 1 aliphatic rings. The molecule has 0 spiro atoms. The molecule has 0 bridgehead atoms. The fourth-order valence-corrected chi connectivity index (χ4v) is 3.77. The SMILES string of the molecule is O=C(Nc1cccc(Cl)c1F)c1ccc(C2(C(=O)Nc3ccc(F)cn3)CCC2)cc1. The first kappa shape index (κ1) is 20.9. The van der Waals surface area contributed by atoms with Gasteiger partial charge in [0.05, 0.1) is 22.3 Å². The molecule has 0 radical (unpaired) electrons. The Morgan fingerprint density at radius 1 is 0.968 bits per heavy atom. The highest BCUT2D eigenvalue weighted by molar-refractivity contribution is 6.31. The Kier molecular flexibility index (Phi) is 5.69. The Morgan fingerprint density at radius 2 is 1.71 bits per heavy atom. The number of anilines is 2. The molecule has 0 saturated heterocycles. The molecule has 0 unspecified atom stereocenters. The van der Waals surface area contributed by atoms with Crippen LogP contribution in [0.15, 0.2) is 60.8 Å². The molecule has 2 amide bonds. The second-order valence-corrected chi connectivity index (χ2v) is 7.79. The second kappa shape index (κ2) is 8.43. The summed E-state index contributed by atoms with van der Waals surface area (Å²) in [4.78, 5) is 29.3. The summed E-state index contributed by atoms with van der Waals surface area (Å²) in [5.41, 5.74) is 0.342. The number of nitrogens with zero attached hydrogens (tertiary/aromatic N) is 1. The van der Waals surface area contributed by atoms with Gasteiger partial charge in [-0.05, 0) is 54.8 Å². The lowest BCUT2D eigenvalue weighted by Gasteiger charge is -2.40. The molecule has 2 N–H and O–H groups in total. The Hall–Kier alpha value is -3.32. The monoisotopic (exact) mass is 441 g/mol. The molecule has 1 aromatic heterocycles. The number of halogens is 3. The summed E-state index contributed by atoms with van der Waals surface area (Å²) in [7, 11) is 0. The third-order valence-electron chi connectivity index (χ3n) is 5.51. The Bertz CT molecular complexity index is 1130. The Balaban J connectivity index is 1.50. The van der Waals surface area contributed by atoms with Gasteiger partial charge < -0.3 is 10.6 Å². The van der Waals surface area contributed by atoms with Crippen molar-refractivity contribution in [3.8, 4) is 0 Å². The van der Waals surface area contributed by atoms with E-state index in [0.717, 1.165) is 18.2 Å². The zero-order valence-electron chi connectivity index (χ0n) is 16.3. The van der Waals surface area contributed by atoms with E-state index in [1.165, 1.54) is 24.3 Å². The average molecular weight is 442 g/mol. The highest BCUT2D eigenvalue weighted by Crippen LogP contribution is 2.44. The van der Waals surface area contributed by atoms with E-state index in [2.05, 4.69) is 15.6 Å². The van der Waals surface area contributed by atoms with E-state index < -0.39 is 23.0 Å². The van der Waals surface area contributed by atoms with Gasteiger partial charge >= 0.3 is 0 Å². The maximum atomic E-state index is 14.0. The molecular formula is C23H18ClF2N3O2. The van der Waals surface area contributed by atoms with Crippen molar-refractivity contribution in [1.82, 2.24) is 4.98 Å². The molecule has 1 fully saturated rings. The summed E-state index contributed by atoms with van der Waals surface area (Å²) >= 11 is 5.74. The van der Waals surface area contributed by atoms with Crippen molar-refractivity contribution >= 4 is 34.9 Å². The van der Waals surface area contributed by atoms with Gasteiger partial charge in [0, 0.05) is 5.56 Å². The molecule has 2 aromatic carbocycles. The highest BCUT2D eigenvalue weighted by atomic mass is 35.5. The molecule has 8 heteroatoms. The number of benzene rings is 2. The molecule has 31 heavy (non-hydrogen) atoms. The van der Waals surface area contributed by atoms with Crippen LogP contribution < -0.4 is 10.6 Å². The van der Waals surface area contributed by atoms with E-state index in [4.69, 9.17) is 11.6 Å². The number of hydrogen-bond donors (Lipinski definition) is 2. The van der Waals surface area contributed by atoms with Gasteiger partial charge in [-0.1, -0.05) is 36.2 Å². The minimum absolute atomic E-state index is 0.0109. The van der Waals surface area contributed by atoms with E-state index in [9.17, 15) is 18.4 Å². The molecule has 1 saturated carbocycles. The standard InChI is InChI=1S/C23H18ClF2N3O2/c24-17-3-1-4-18(20(17)26)28-21(30)14-5-7-15(8-6-14)23(11-2-12-23)22(31)29-19-10-9-16(25)13-27-19/h1,3-10,13H,2,11-12H2,(H,28,30)(H,27,29,31). The Labute approximate surface area is 182 Å². The smallest absolute Gasteiger partial charge is 0.255 e. The van der Waals surface area contributed by atoms with Crippen molar-refractivity contribution in [2.45, 2.75) is 24.7 Å². The lowest BCUT2D eigenvalue weighted by molar-refractivity contribution is -0.124. The molecule has 158 valence electrons. The largest absolute Gasteiger partial charge is 0.319 e. The summed E-state index contributed by atoms with van der Waals surface area (Å²) in [6, 6.07) is 13.6. The van der Waals surface area contributed by atoms with Crippen LogP contribution in [0, 0.1) is 11.6 Å². The normalized spacial score (nSPS) is 14.4. The fourth-order valence-electron chi connectivity index (χ4n) is 3.60. The van der Waals surface area contributed by atoms with Crippen LogP contribution >= 0.6 is 11.6 Å². The van der Waals surface area contributed by atoms with Crippen LogP contribution in [0.3, 0.4) is 0 Å². The van der Waals surface area contributed by atoms with Gasteiger partial charge in [-0.15, -0.1) is 0 Å². The van der Waals surface area contributed by atoms with Crippen LogP contribution in [0.4, 0.5) is 20.3 Å². The molecule has 5 nitrogen and oxygen atoms in total. The number of rotatable bonds is 5. The number of nitrogens with one attached hydrogen (secondary N) is 2. The molecule has 3 aromatic rings. The van der Waals surface area contributed by atoms with Crippen molar-refractivity contribution in [1.29, 1.82) is 0 Å². The van der Waals surface area contributed by atoms with Crippen molar-refractivity contribution in [3.63, 3.8) is 0 Å². The van der Waals surface area contributed by atoms with Gasteiger partial charge in [-0.3, -0.25) is 9.59 Å². The number of pyridine rings is 1. The van der Waals surface area contributed by atoms with Crippen molar-refractivity contribution in [2.24, 2.45) is 0 Å². The lowest BCUT2D eigenvalue weighted by Crippen LogP contribution is -2.46. The molecule has 4 rings (SSSR count). The summed E-state index contributed by atoms with van der Waals surface area (Å²) in [5.74, 6) is -1.62. The van der Waals surface area contributed by atoms with Crippen LogP contribution in [0.5, 0.6) is 0 Å². The van der Waals surface area contributed by atoms with Gasteiger partial charge in [-0.2, -0.15) is 0 Å². The van der Waals surface area contributed by atoms with E-state index >= 15 is 0 Å². The van der Waals surface area contributed by atoms with Crippen LogP contribution in [0.2, 0.25) is 5.02 Å². The minimum atomic E-state index is -0.732. The van der Waals surface area contributed by atoms with Gasteiger partial charge in [0.2, 0.25) is 5.91 Å². The fraction of sp³-hybridized carbons (Fsp3) is 0.174. The Morgan fingerprint density at radius 3 is 2.32 bits per heavy atom. The van der Waals surface area contributed by atoms with Crippen LogP contribution in [0.1, 0.15) is 35.2 Å². The quantitative estimate of drug-likeness (QED) is 0.562. The summed E-state index contributed by atoms with van der Waals surface area (Å²) < 4.78 is 27.1. The summed E-state index contributed by atoms with van der Waals surface area (Å²) in [6.45, 7) is 0. The third kappa shape index (κ3) is 4.14. The van der Waals surface area contributed by atoms with Crippen molar-refractivity contribution in [3.05, 3.63) is 88.6 Å². The van der Waals surface area contributed by atoms with Gasteiger partial charge in [0.25, 0.3) is 5.91 Å². The predicted molar refractivity (Wildman–Crippen MR) is 114 cm³/mol. The average Bonchev–Trinajstić information content (AvgIpc) is 2.73. The number of amides is 2. The molecule has 0 aliphatic heterocycles. The second-order valence-electron chi connectivity index (χ2n) is 7.38. The number of carbonyl (C=O) groups is 2. The van der Waals surface area contributed by atoms with Gasteiger partial charge in [-0.25, -0.2) is 13.8 Å². The number of aromatic nitrogens is 1. The first-order valence-electron chi connectivity index (χ1n) is 9.68. The minimum Gasteiger partial charge on any atom is -0.319 e. The van der Waals surface area contributed by atoms with Crippen molar-refractivity contribution < 1.29 is 18.4 Å². The third-order valence-corrected chi connectivity index (χ3v) is 5.80.